The van der Waals surface area contributed by atoms with Gasteiger partial charge in [0, 0.05) is 58.4 Å². The number of amides is 2. The van der Waals surface area contributed by atoms with Gasteiger partial charge < -0.3 is 20.3 Å². The first-order valence-electron chi connectivity index (χ1n) is 9.55. The lowest BCUT2D eigenvalue weighted by atomic mass is 9.92. The number of methoxy groups -OCH3 is 1. The zero-order chi connectivity index (χ0) is 18.2. The number of ether oxygens (including phenoxy) is 1. The van der Waals surface area contributed by atoms with Gasteiger partial charge in [-0.2, -0.15) is 0 Å². The van der Waals surface area contributed by atoms with Crippen molar-refractivity contribution >= 4 is 24.2 Å². The second-order valence-corrected chi connectivity index (χ2v) is 7.25. The number of piperidine rings is 1. The molecule has 0 aliphatic carbocycles. The maximum absolute atomic E-state index is 12.7. The van der Waals surface area contributed by atoms with Crippen LogP contribution in [-0.2, 0) is 14.3 Å². The highest BCUT2D eigenvalue weighted by atomic mass is 35.5. The molecule has 8 heteroatoms. The van der Waals surface area contributed by atoms with E-state index >= 15 is 0 Å². The Morgan fingerprint density at radius 3 is 2.58 bits per heavy atom. The zero-order valence-corrected chi connectivity index (χ0v) is 17.1. The molecule has 2 rings (SSSR count). The lowest BCUT2D eigenvalue weighted by Gasteiger charge is -2.39. The number of rotatable bonds is 7. The molecule has 0 aromatic rings. The molecule has 2 aliphatic rings. The quantitative estimate of drug-likeness (QED) is 0.618. The van der Waals surface area contributed by atoms with Crippen LogP contribution in [0.3, 0.4) is 0 Å². The Balaban J connectivity index is 0.00000338. The van der Waals surface area contributed by atoms with Crippen molar-refractivity contribution in [2.24, 2.45) is 5.92 Å². The summed E-state index contributed by atoms with van der Waals surface area (Å²) in [6, 6.07) is 0.268. The minimum Gasteiger partial charge on any atom is -0.385 e. The van der Waals surface area contributed by atoms with Gasteiger partial charge >= 0.3 is 0 Å². The summed E-state index contributed by atoms with van der Waals surface area (Å²) in [5, 5.41) is 6.35. The maximum atomic E-state index is 12.7. The van der Waals surface area contributed by atoms with Crippen molar-refractivity contribution in [3.63, 3.8) is 0 Å². The summed E-state index contributed by atoms with van der Waals surface area (Å²) in [5.41, 5.74) is 0. The highest BCUT2D eigenvalue weighted by Crippen LogP contribution is 2.20. The highest BCUT2D eigenvalue weighted by Gasteiger charge is 2.32. The summed E-state index contributed by atoms with van der Waals surface area (Å²) < 4.78 is 4.99. The first-order valence-corrected chi connectivity index (χ1v) is 9.55. The van der Waals surface area contributed by atoms with Gasteiger partial charge in [0.25, 0.3) is 0 Å². The molecule has 1 unspecified atom stereocenters. The fraction of sp³-hybridized carbons (Fsp3) is 0.889. The molecule has 3 atom stereocenters. The molecule has 0 aromatic carbocycles. The van der Waals surface area contributed by atoms with Gasteiger partial charge in [-0.15, -0.1) is 12.4 Å². The monoisotopic (exact) mass is 390 g/mol. The molecule has 2 fully saturated rings. The number of piperazine rings is 1. The molecule has 7 nitrogen and oxygen atoms in total. The van der Waals surface area contributed by atoms with E-state index in [2.05, 4.69) is 22.5 Å². The number of nitrogens with zero attached hydrogens (tertiary/aromatic N) is 2. The molecule has 0 aromatic heterocycles. The third-order valence-electron chi connectivity index (χ3n) is 5.35. The van der Waals surface area contributed by atoms with Crippen molar-refractivity contribution < 1.29 is 14.3 Å². The minimum absolute atomic E-state index is 0. The minimum atomic E-state index is -0.154. The van der Waals surface area contributed by atoms with Crippen LogP contribution in [0.25, 0.3) is 0 Å². The average molecular weight is 391 g/mol. The van der Waals surface area contributed by atoms with Gasteiger partial charge in [0.05, 0.1) is 6.04 Å². The Morgan fingerprint density at radius 1 is 1.27 bits per heavy atom. The van der Waals surface area contributed by atoms with Crippen molar-refractivity contribution in [2.75, 3.05) is 53.0 Å². The Bertz CT molecular complexity index is 444. The van der Waals surface area contributed by atoms with Crippen LogP contribution >= 0.6 is 12.4 Å². The fourth-order valence-electron chi connectivity index (χ4n) is 3.69. The standard InChI is InChI=1S/C18H34N4O3.ClH/c1-14-13-16(5-7-19-14)18(24)22-10-8-21(9-11-22)15(2)17(23)20-6-4-12-25-3;/h14-16,19H,4-13H2,1-3H3,(H,20,23);1H/t14-,15?,16-;/m0./s1. The molecular formula is C18H35ClN4O3. The topological polar surface area (TPSA) is 73.9 Å². The molecule has 0 radical (unpaired) electrons. The molecule has 26 heavy (non-hydrogen) atoms. The number of halogens is 1. The third-order valence-corrected chi connectivity index (χ3v) is 5.35. The van der Waals surface area contributed by atoms with Crippen molar-refractivity contribution in [1.29, 1.82) is 0 Å². The summed E-state index contributed by atoms with van der Waals surface area (Å²) in [6.07, 6.45) is 2.69. The van der Waals surface area contributed by atoms with Crippen molar-refractivity contribution in [3.8, 4) is 0 Å². The van der Waals surface area contributed by atoms with Crippen LogP contribution in [0.5, 0.6) is 0 Å². The average Bonchev–Trinajstić information content (AvgIpc) is 2.64. The van der Waals surface area contributed by atoms with Crippen LogP contribution in [0.15, 0.2) is 0 Å². The molecule has 152 valence electrons. The van der Waals surface area contributed by atoms with E-state index in [1.54, 1.807) is 7.11 Å². The maximum Gasteiger partial charge on any atom is 0.237 e. The number of hydrogen-bond acceptors (Lipinski definition) is 5. The molecule has 2 heterocycles. The van der Waals surface area contributed by atoms with E-state index in [4.69, 9.17) is 4.74 Å². The van der Waals surface area contributed by atoms with Crippen LogP contribution in [0.2, 0.25) is 0 Å². The summed E-state index contributed by atoms with van der Waals surface area (Å²) in [6.45, 7) is 9.28. The molecule has 2 amide bonds. The van der Waals surface area contributed by atoms with E-state index < -0.39 is 0 Å². The normalized spacial score (nSPS) is 25.3. The van der Waals surface area contributed by atoms with E-state index in [0.29, 0.717) is 25.1 Å². The number of carbonyl (C=O) groups is 2. The molecule has 2 aliphatic heterocycles. The predicted octanol–water partition coefficient (Wildman–Crippen LogP) is 0.482. The van der Waals surface area contributed by atoms with E-state index in [9.17, 15) is 9.59 Å². The van der Waals surface area contributed by atoms with Crippen LogP contribution in [0, 0.1) is 5.92 Å². The Kier molecular flexibility index (Phi) is 10.5. The van der Waals surface area contributed by atoms with E-state index in [1.165, 1.54) is 0 Å². The fourth-order valence-corrected chi connectivity index (χ4v) is 3.69. The van der Waals surface area contributed by atoms with Crippen LogP contribution in [-0.4, -0.2) is 86.7 Å². The lowest BCUT2D eigenvalue weighted by Crippen LogP contribution is -2.56. The highest BCUT2D eigenvalue weighted by molar-refractivity contribution is 5.85. The first kappa shape index (κ1) is 23.1. The number of nitrogens with one attached hydrogen (secondary N) is 2. The molecule has 0 spiro atoms. The smallest absolute Gasteiger partial charge is 0.237 e. The van der Waals surface area contributed by atoms with Crippen molar-refractivity contribution in [2.45, 2.75) is 45.2 Å². The third kappa shape index (κ3) is 6.68. The van der Waals surface area contributed by atoms with Gasteiger partial charge in [-0.1, -0.05) is 0 Å². The summed E-state index contributed by atoms with van der Waals surface area (Å²) in [4.78, 5) is 29.1. The van der Waals surface area contributed by atoms with Crippen LogP contribution < -0.4 is 10.6 Å². The lowest BCUT2D eigenvalue weighted by molar-refractivity contribution is -0.139. The Labute approximate surface area is 163 Å². The van der Waals surface area contributed by atoms with Gasteiger partial charge in [-0.25, -0.2) is 0 Å². The molecule has 0 saturated carbocycles. The van der Waals surface area contributed by atoms with E-state index in [1.807, 2.05) is 11.8 Å². The van der Waals surface area contributed by atoms with Gasteiger partial charge in [0.1, 0.15) is 0 Å². The summed E-state index contributed by atoms with van der Waals surface area (Å²) in [5.74, 6) is 0.511. The number of hydrogen-bond donors (Lipinski definition) is 2. The summed E-state index contributed by atoms with van der Waals surface area (Å²) >= 11 is 0. The van der Waals surface area contributed by atoms with E-state index in [0.717, 1.165) is 52.0 Å². The first-order chi connectivity index (χ1) is 12.0. The second-order valence-electron chi connectivity index (χ2n) is 7.25. The SMILES string of the molecule is COCCCNC(=O)C(C)N1CCN(C(=O)[C@H]2CCN[C@@H](C)C2)CC1.Cl. The van der Waals surface area contributed by atoms with Crippen LogP contribution in [0.4, 0.5) is 0 Å². The predicted molar refractivity (Wildman–Crippen MR) is 105 cm³/mol. The molecule has 0 bridgehead atoms. The van der Waals surface area contributed by atoms with Gasteiger partial charge in [0.2, 0.25) is 11.8 Å². The zero-order valence-electron chi connectivity index (χ0n) is 16.3. The van der Waals surface area contributed by atoms with E-state index in [-0.39, 0.29) is 30.3 Å². The van der Waals surface area contributed by atoms with Crippen LogP contribution in [0.1, 0.15) is 33.1 Å². The molecule has 2 saturated heterocycles. The Hall–Kier alpha value is -0.890. The Morgan fingerprint density at radius 2 is 1.96 bits per heavy atom. The van der Waals surface area contributed by atoms with Gasteiger partial charge in [-0.3, -0.25) is 14.5 Å². The number of carbonyl (C=O) groups excluding carboxylic acids is 2. The van der Waals surface area contributed by atoms with Crippen molar-refractivity contribution in [1.82, 2.24) is 20.4 Å². The summed E-state index contributed by atoms with van der Waals surface area (Å²) in [7, 11) is 1.66. The van der Waals surface area contributed by atoms with Crippen molar-refractivity contribution in [3.05, 3.63) is 0 Å². The second kappa shape index (κ2) is 11.7. The molecule has 2 N–H and O–H groups in total. The molecular weight excluding hydrogens is 356 g/mol. The van der Waals surface area contributed by atoms with Gasteiger partial charge in [0.15, 0.2) is 0 Å². The van der Waals surface area contributed by atoms with Gasteiger partial charge in [-0.05, 0) is 39.7 Å². The largest absolute Gasteiger partial charge is 0.385 e.